The lowest BCUT2D eigenvalue weighted by molar-refractivity contribution is 0.547. The lowest BCUT2D eigenvalue weighted by atomic mass is 10.1. The summed E-state index contributed by atoms with van der Waals surface area (Å²) in [5.74, 6) is 0.680. The van der Waals surface area contributed by atoms with Crippen molar-refractivity contribution in [1.82, 2.24) is 5.32 Å². The van der Waals surface area contributed by atoms with Crippen molar-refractivity contribution in [2.45, 2.75) is 27.3 Å². The van der Waals surface area contributed by atoms with E-state index >= 15 is 0 Å². The summed E-state index contributed by atoms with van der Waals surface area (Å²) in [7, 11) is 0. The first-order chi connectivity index (χ1) is 7.66. The molecule has 0 saturated heterocycles. The molecule has 0 radical (unpaired) electrons. The fourth-order valence-corrected chi connectivity index (χ4v) is 1.83. The fourth-order valence-electron chi connectivity index (χ4n) is 1.83. The van der Waals surface area contributed by atoms with Crippen LogP contribution in [0.25, 0.3) is 11.0 Å². The van der Waals surface area contributed by atoms with Crippen molar-refractivity contribution < 1.29 is 4.42 Å². The molecule has 86 valence electrons. The van der Waals surface area contributed by atoms with Gasteiger partial charge in [0.05, 0.1) is 6.26 Å². The van der Waals surface area contributed by atoms with Gasteiger partial charge in [-0.15, -0.1) is 0 Å². The van der Waals surface area contributed by atoms with Gasteiger partial charge in [-0.25, -0.2) is 0 Å². The molecule has 0 spiro atoms. The van der Waals surface area contributed by atoms with Crippen molar-refractivity contribution in [3.05, 3.63) is 35.6 Å². The molecule has 2 aromatic rings. The van der Waals surface area contributed by atoms with Gasteiger partial charge >= 0.3 is 0 Å². The van der Waals surface area contributed by atoms with E-state index in [4.69, 9.17) is 4.42 Å². The minimum Gasteiger partial charge on any atom is -0.464 e. The van der Waals surface area contributed by atoms with Gasteiger partial charge in [-0.2, -0.15) is 0 Å². The molecule has 2 rings (SSSR count). The van der Waals surface area contributed by atoms with E-state index < -0.39 is 0 Å². The minimum atomic E-state index is 0.680. The van der Waals surface area contributed by atoms with Crippen molar-refractivity contribution in [2.75, 3.05) is 6.54 Å². The molecule has 0 unspecified atom stereocenters. The van der Waals surface area contributed by atoms with E-state index in [1.807, 2.05) is 12.3 Å². The van der Waals surface area contributed by atoms with E-state index in [-0.39, 0.29) is 0 Å². The average molecular weight is 217 g/mol. The molecule has 0 bridgehead atoms. The highest BCUT2D eigenvalue weighted by molar-refractivity contribution is 5.81. The first kappa shape index (κ1) is 11.2. The summed E-state index contributed by atoms with van der Waals surface area (Å²) in [4.78, 5) is 0. The third kappa shape index (κ3) is 2.45. The maximum atomic E-state index is 5.52. The van der Waals surface area contributed by atoms with Crippen LogP contribution in [-0.2, 0) is 6.54 Å². The zero-order chi connectivity index (χ0) is 11.5. The van der Waals surface area contributed by atoms with Gasteiger partial charge in [-0.05, 0) is 31.5 Å². The van der Waals surface area contributed by atoms with Gasteiger partial charge in [-0.1, -0.05) is 25.5 Å². The van der Waals surface area contributed by atoms with Gasteiger partial charge < -0.3 is 9.73 Å². The molecule has 1 heterocycles. The maximum absolute atomic E-state index is 5.52. The van der Waals surface area contributed by atoms with Gasteiger partial charge in [0.15, 0.2) is 0 Å². The summed E-state index contributed by atoms with van der Waals surface area (Å²) < 4.78 is 5.52. The number of hydrogen-bond acceptors (Lipinski definition) is 2. The summed E-state index contributed by atoms with van der Waals surface area (Å²) in [6, 6.07) is 6.30. The molecule has 16 heavy (non-hydrogen) atoms. The highest BCUT2D eigenvalue weighted by Crippen LogP contribution is 2.22. The minimum absolute atomic E-state index is 0.680. The number of rotatable bonds is 4. The van der Waals surface area contributed by atoms with E-state index in [1.165, 1.54) is 16.5 Å². The summed E-state index contributed by atoms with van der Waals surface area (Å²) in [6.07, 6.45) is 1.86. The van der Waals surface area contributed by atoms with Gasteiger partial charge in [0, 0.05) is 17.5 Å². The first-order valence-electron chi connectivity index (χ1n) is 5.84. The van der Waals surface area contributed by atoms with E-state index in [2.05, 4.69) is 38.2 Å². The number of nitrogens with one attached hydrogen (secondary N) is 1. The Bertz CT molecular complexity index is 471. The molecule has 0 saturated carbocycles. The molecule has 0 fully saturated rings. The van der Waals surface area contributed by atoms with Gasteiger partial charge in [0.2, 0.25) is 0 Å². The molecule has 2 heteroatoms. The second-order valence-corrected chi connectivity index (χ2v) is 4.79. The van der Waals surface area contributed by atoms with Crippen LogP contribution in [0.15, 0.2) is 28.9 Å². The van der Waals surface area contributed by atoms with Crippen molar-refractivity contribution in [1.29, 1.82) is 0 Å². The third-order valence-electron chi connectivity index (χ3n) is 2.68. The average Bonchev–Trinajstić information content (AvgIpc) is 2.60. The number of aryl methyl sites for hydroxylation is 1. The molecule has 1 aromatic carbocycles. The number of benzene rings is 1. The topological polar surface area (TPSA) is 25.2 Å². The smallest absolute Gasteiger partial charge is 0.134 e. The van der Waals surface area contributed by atoms with Crippen LogP contribution in [0.3, 0.4) is 0 Å². The highest BCUT2D eigenvalue weighted by atomic mass is 16.3. The van der Waals surface area contributed by atoms with Crippen LogP contribution < -0.4 is 5.32 Å². The van der Waals surface area contributed by atoms with E-state index in [0.717, 1.165) is 18.7 Å². The lowest BCUT2D eigenvalue weighted by Crippen LogP contribution is -2.18. The highest BCUT2D eigenvalue weighted by Gasteiger charge is 2.05. The number of fused-ring (bicyclic) bond motifs is 1. The molecule has 1 N–H and O–H groups in total. The van der Waals surface area contributed by atoms with E-state index in [0.29, 0.717) is 5.92 Å². The lowest BCUT2D eigenvalue weighted by Gasteiger charge is -2.05. The molecule has 0 atom stereocenters. The quantitative estimate of drug-likeness (QED) is 0.848. The zero-order valence-electron chi connectivity index (χ0n) is 10.2. The Hall–Kier alpha value is -1.28. The van der Waals surface area contributed by atoms with Crippen LogP contribution in [0, 0.1) is 12.8 Å². The maximum Gasteiger partial charge on any atom is 0.134 e. The Labute approximate surface area is 96.6 Å². The Morgan fingerprint density at radius 3 is 2.88 bits per heavy atom. The summed E-state index contributed by atoms with van der Waals surface area (Å²) >= 11 is 0. The molecular formula is C14H19NO. The molecule has 0 aliphatic carbocycles. The third-order valence-corrected chi connectivity index (χ3v) is 2.68. The van der Waals surface area contributed by atoms with Gasteiger partial charge in [-0.3, -0.25) is 0 Å². The largest absolute Gasteiger partial charge is 0.464 e. The Morgan fingerprint density at radius 1 is 1.31 bits per heavy atom. The van der Waals surface area contributed by atoms with Crippen LogP contribution in [0.2, 0.25) is 0 Å². The fraction of sp³-hybridized carbons (Fsp3) is 0.429. The molecular weight excluding hydrogens is 198 g/mol. The second-order valence-electron chi connectivity index (χ2n) is 4.79. The molecule has 0 amide bonds. The summed E-state index contributed by atoms with van der Waals surface area (Å²) in [5.41, 5.74) is 3.50. The molecule has 1 aromatic heterocycles. The van der Waals surface area contributed by atoms with Crippen LogP contribution in [0.4, 0.5) is 0 Å². The monoisotopic (exact) mass is 217 g/mol. The standard InChI is InChI=1S/C14H19NO/c1-10(2)7-15-8-12-9-16-14-5-4-11(3)6-13(12)14/h4-6,9-10,15H,7-8H2,1-3H3. The van der Waals surface area contributed by atoms with Gasteiger partial charge in [0.1, 0.15) is 5.58 Å². The SMILES string of the molecule is Cc1ccc2occ(CNCC(C)C)c2c1. The van der Waals surface area contributed by atoms with Crippen molar-refractivity contribution in [2.24, 2.45) is 5.92 Å². The van der Waals surface area contributed by atoms with Crippen molar-refractivity contribution in [3.8, 4) is 0 Å². The normalized spacial score (nSPS) is 11.5. The first-order valence-corrected chi connectivity index (χ1v) is 5.84. The Balaban J connectivity index is 2.15. The summed E-state index contributed by atoms with van der Waals surface area (Å²) in [5, 5.41) is 4.67. The van der Waals surface area contributed by atoms with Crippen LogP contribution in [0.1, 0.15) is 25.0 Å². The molecule has 0 aliphatic rings. The van der Waals surface area contributed by atoms with Crippen LogP contribution >= 0.6 is 0 Å². The number of furan rings is 1. The number of hydrogen-bond donors (Lipinski definition) is 1. The Kier molecular flexibility index (Phi) is 3.30. The van der Waals surface area contributed by atoms with Crippen molar-refractivity contribution in [3.63, 3.8) is 0 Å². The van der Waals surface area contributed by atoms with E-state index in [9.17, 15) is 0 Å². The van der Waals surface area contributed by atoms with Gasteiger partial charge in [0.25, 0.3) is 0 Å². The van der Waals surface area contributed by atoms with Crippen molar-refractivity contribution >= 4 is 11.0 Å². The van der Waals surface area contributed by atoms with E-state index in [1.54, 1.807) is 0 Å². The van der Waals surface area contributed by atoms with Crippen LogP contribution in [0.5, 0.6) is 0 Å². The molecule has 2 nitrogen and oxygen atoms in total. The second kappa shape index (κ2) is 4.71. The predicted octanol–water partition coefficient (Wildman–Crippen LogP) is 3.49. The predicted molar refractivity (Wildman–Crippen MR) is 67.5 cm³/mol. The van der Waals surface area contributed by atoms with Crippen LogP contribution in [-0.4, -0.2) is 6.54 Å². The molecule has 0 aliphatic heterocycles. The zero-order valence-corrected chi connectivity index (χ0v) is 10.2. The Morgan fingerprint density at radius 2 is 2.12 bits per heavy atom. The summed E-state index contributed by atoms with van der Waals surface area (Å²) in [6.45, 7) is 8.46.